The average molecular weight is 249 g/mol. The molecule has 5 heteroatoms. The molecule has 3 aromatic rings. The molecular formula is C10H5N2S3. The Bertz CT molecular complexity index is 488. The van der Waals surface area contributed by atoms with Crippen molar-refractivity contribution in [1.29, 1.82) is 0 Å². The lowest BCUT2D eigenvalue weighted by Gasteiger charge is -1.94. The molecule has 2 nitrogen and oxygen atoms in total. The first-order valence-corrected chi connectivity index (χ1v) is 6.83. The molecule has 0 aliphatic carbocycles. The summed E-state index contributed by atoms with van der Waals surface area (Å²) in [5.41, 5.74) is 3.94. The Balaban J connectivity index is 2.15. The summed E-state index contributed by atoms with van der Waals surface area (Å²) in [4.78, 5) is 10.9. The van der Waals surface area contributed by atoms with Gasteiger partial charge in [-0.3, -0.25) is 0 Å². The maximum atomic E-state index is 4.30. The van der Waals surface area contributed by atoms with Gasteiger partial charge in [-0.15, -0.1) is 34.0 Å². The molecule has 3 rings (SSSR count). The third-order valence-electron chi connectivity index (χ3n) is 1.90. The molecule has 0 aliphatic heterocycles. The molecule has 0 fully saturated rings. The molecule has 0 aromatic carbocycles. The van der Waals surface area contributed by atoms with Gasteiger partial charge in [-0.1, -0.05) is 6.07 Å². The SMILES string of the molecule is [c]1nc(-c2cccs2)c(-c2nccs2)s1. The van der Waals surface area contributed by atoms with Gasteiger partial charge in [0.15, 0.2) is 5.51 Å². The van der Waals surface area contributed by atoms with E-state index >= 15 is 0 Å². The largest absolute Gasteiger partial charge is 0.244 e. The van der Waals surface area contributed by atoms with E-state index in [0.29, 0.717) is 0 Å². The zero-order chi connectivity index (χ0) is 10.1. The number of nitrogens with zero attached hydrogens (tertiary/aromatic N) is 2. The van der Waals surface area contributed by atoms with Crippen molar-refractivity contribution in [3.63, 3.8) is 0 Å². The summed E-state index contributed by atoms with van der Waals surface area (Å²) in [5.74, 6) is 0. The number of thiophene rings is 1. The van der Waals surface area contributed by atoms with E-state index in [2.05, 4.69) is 26.9 Å². The maximum absolute atomic E-state index is 4.30. The monoisotopic (exact) mass is 249 g/mol. The molecule has 0 saturated carbocycles. The third-order valence-corrected chi connectivity index (χ3v) is 4.47. The molecule has 0 aliphatic rings. The van der Waals surface area contributed by atoms with Crippen LogP contribution in [-0.4, -0.2) is 9.97 Å². The normalized spacial score (nSPS) is 10.7. The number of hydrogen-bond donors (Lipinski definition) is 0. The van der Waals surface area contributed by atoms with Gasteiger partial charge in [0.2, 0.25) is 0 Å². The van der Waals surface area contributed by atoms with Gasteiger partial charge in [-0.05, 0) is 11.4 Å². The number of hydrogen-bond acceptors (Lipinski definition) is 5. The lowest BCUT2D eigenvalue weighted by Crippen LogP contribution is -1.76. The van der Waals surface area contributed by atoms with Crippen LogP contribution in [0, 0.1) is 5.51 Å². The Labute approximate surface area is 98.9 Å². The lowest BCUT2D eigenvalue weighted by atomic mass is 10.3. The lowest BCUT2D eigenvalue weighted by molar-refractivity contribution is 1.39. The van der Waals surface area contributed by atoms with E-state index < -0.39 is 0 Å². The Morgan fingerprint density at radius 3 is 2.93 bits per heavy atom. The molecule has 1 radical (unpaired) electrons. The van der Waals surface area contributed by atoms with Gasteiger partial charge in [-0.25, -0.2) is 9.97 Å². The van der Waals surface area contributed by atoms with Crippen molar-refractivity contribution in [3.8, 4) is 20.5 Å². The summed E-state index contributed by atoms with van der Waals surface area (Å²) in [6, 6.07) is 4.11. The number of thiazole rings is 2. The van der Waals surface area contributed by atoms with Crippen LogP contribution >= 0.6 is 34.0 Å². The Morgan fingerprint density at radius 2 is 2.20 bits per heavy atom. The van der Waals surface area contributed by atoms with Crippen LogP contribution in [0.5, 0.6) is 0 Å². The molecule has 0 spiro atoms. The Kier molecular flexibility index (Phi) is 2.36. The highest BCUT2D eigenvalue weighted by atomic mass is 32.1. The highest BCUT2D eigenvalue weighted by Gasteiger charge is 2.13. The molecule has 0 amide bonds. The maximum Gasteiger partial charge on any atom is 0.153 e. The van der Waals surface area contributed by atoms with Crippen LogP contribution in [0.3, 0.4) is 0 Å². The molecule has 0 saturated heterocycles. The summed E-state index contributed by atoms with van der Waals surface area (Å²) >= 11 is 4.85. The predicted molar refractivity (Wildman–Crippen MR) is 65.4 cm³/mol. The van der Waals surface area contributed by atoms with Crippen LogP contribution in [0.25, 0.3) is 20.5 Å². The number of rotatable bonds is 2. The summed E-state index contributed by atoms with van der Waals surface area (Å²) in [5, 5.41) is 5.06. The average Bonchev–Trinajstić information content (AvgIpc) is 3.01. The van der Waals surface area contributed by atoms with E-state index in [0.717, 1.165) is 15.6 Å². The van der Waals surface area contributed by atoms with Crippen LogP contribution < -0.4 is 0 Å². The van der Waals surface area contributed by atoms with Gasteiger partial charge in [0, 0.05) is 11.6 Å². The fraction of sp³-hybridized carbons (Fsp3) is 0. The quantitative estimate of drug-likeness (QED) is 0.690. The molecule has 3 heterocycles. The van der Waals surface area contributed by atoms with Gasteiger partial charge in [0.1, 0.15) is 10.7 Å². The topological polar surface area (TPSA) is 25.8 Å². The van der Waals surface area contributed by atoms with Gasteiger partial charge >= 0.3 is 0 Å². The second-order valence-corrected chi connectivity index (χ2v) is 5.43. The molecule has 3 aromatic heterocycles. The van der Waals surface area contributed by atoms with Crippen molar-refractivity contribution in [2.75, 3.05) is 0 Å². The standard InChI is InChI=1S/C10H5N2S3/c1-2-7(13-4-1)8-9(15-6-12-8)10-11-3-5-14-10/h1-5H. The second-order valence-electron chi connectivity index (χ2n) is 2.80. The molecule has 73 valence electrons. The van der Waals surface area contributed by atoms with E-state index in [-0.39, 0.29) is 0 Å². The minimum absolute atomic E-state index is 1.00. The summed E-state index contributed by atoms with van der Waals surface area (Å²) in [6.45, 7) is 0. The van der Waals surface area contributed by atoms with Gasteiger partial charge in [-0.2, -0.15) is 0 Å². The molecule has 0 N–H and O–H groups in total. The number of aromatic nitrogens is 2. The van der Waals surface area contributed by atoms with Crippen molar-refractivity contribution in [3.05, 3.63) is 34.6 Å². The molecule has 0 atom stereocenters. The third kappa shape index (κ3) is 1.62. The smallest absolute Gasteiger partial charge is 0.153 e. The highest BCUT2D eigenvalue weighted by Crippen LogP contribution is 2.36. The Hall–Kier alpha value is -1.04. The van der Waals surface area contributed by atoms with Crippen molar-refractivity contribution >= 4 is 34.0 Å². The summed E-state index contributed by atoms with van der Waals surface area (Å²) < 4.78 is 0. The van der Waals surface area contributed by atoms with Crippen molar-refractivity contribution < 1.29 is 0 Å². The molecular weight excluding hydrogens is 244 g/mol. The molecule has 15 heavy (non-hydrogen) atoms. The van der Waals surface area contributed by atoms with Crippen LogP contribution in [0.2, 0.25) is 0 Å². The predicted octanol–water partition coefficient (Wildman–Crippen LogP) is 3.80. The minimum Gasteiger partial charge on any atom is -0.244 e. The second kappa shape index (κ2) is 3.84. The van der Waals surface area contributed by atoms with Crippen LogP contribution in [-0.2, 0) is 0 Å². The summed E-state index contributed by atoms with van der Waals surface area (Å²) in [7, 11) is 0. The van der Waals surface area contributed by atoms with Gasteiger partial charge < -0.3 is 0 Å². The highest BCUT2D eigenvalue weighted by molar-refractivity contribution is 7.20. The van der Waals surface area contributed by atoms with Crippen molar-refractivity contribution in [2.24, 2.45) is 0 Å². The van der Waals surface area contributed by atoms with E-state index in [1.54, 1.807) is 22.7 Å². The van der Waals surface area contributed by atoms with E-state index in [1.165, 1.54) is 16.2 Å². The molecule has 0 unspecified atom stereocenters. The van der Waals surface area contributed by atoms with Crippen LogP contribution in [0.4, 0.5) is 0 Å². The first-order chi connectivity index (χ1) is 7.45. The fourth-order valence-corrected chi connectivity index (χ4v) is 3.52. The zero-order valence-electron chi connectivity index (χ0n) is 7.51. The fourth-order valence-electron chi connectivity index (χ4n) is 1.27. The van der Waals surface area contributed by atoms with E-state index in [4.69, 9.17) is 0 Å². The minimum atomic E-state index is 1.00. The Morgan fingerprint density at radius 1 is 1.20 bits per heavy atom. The first kappa shape index (κ1) is 9.21. The van der Waals surface area contributed by atoms with Crippen molar-refractivity contribution in [2.45, 2.75) is 0 Å². The first-order valence-electron chi connectivity index (χ1n) is 4.26. The van der Waals surface area contributed by atoms with E-state index in [9.17, 15) is 0 Å². The summed E-state index contributed by atoms with van der Waals surface area (Å²) in [6.07, 6.45) is 1.82. The van der Waals surface area contributed by atoms with Crippen LogP contribution in [0.15, 0.2) is 29.1 Å². The van der Waals surface area contributed by atoms with Gasteiger partial charge in [0.25, 0.3) is 0 Å². The molecule has 0 bridgehead atoms. The van der Waals surface area contributed by atoms with Crippen molar-refractivity contribution in [1.82, 2.24) is 9.97 Å². The van der Waals surface area contributed by atoms with Gasteiger partial charge in [0.05, 0.1) is 9.75 Å². The zero-order valence-corrected chi connectivity index (χ0v) is 9.96. The van der Waals surface area contributed by atoms with E-state index in [1.807, 2.05) is 17.6 Å². The van der Waals surface area contributed by atoms with Crippen LogP contribution in [0.1, 0.15) is 0 Å².